The zero-order valence-electron chi connectivity index (χ0n) is 20.2. The Morgan fingerprint density at radius 2 is 1.81 bits per heavy atom. The van der Waals surface area contributed by atoms with E-state index in [0.29, 0.717) is 10.1 Å². The fraction of sp³-hybridized carbons (Fsp3) is 0.480. The number of rotatable bonds is 8. The summed E-state index contributed by atoms with van der Waals surface area (Å²) in [4.78, 5) is 5.53. The summed E-state index contributed by atoms with van der Waals surface area (Å²) in [6, 6.07) is 8.26. The molecule has 7 heteroatoms. The van der Waals surface area contributed by atoms with Crippen molar-refractivity contribution in [3.05, 3.63) is 58.5 Å². The van der Waals surface area contributed by atoms with Crippen LogP contribution in [0.25, 0.3) is 11.1 Å². The first-order chi connectivity index (χ1) is 14.9. The van der Waals surface area contributed by atoms with Crippen LogP contribution in [0.15, 0.2) is 40.9 Å². The van der Waals surface area contributed by atoms with Gasteiger partial charge >= 0.3 is 0 Å². The topological polar surface area (TPSA) is 64.0 Å². The molecule has 0 bridgehead atoms. The molecule has 0 atom stereocenters. The summed E-state index contributed by atoms with van der Waals surface area (Å²) in [6.07, 6.45) is 5.58. The van der Waals surface area contributed by atoms with Crippen LogP contribution in [0.1, 0.15) is 63.4 Å². The number of nitrogens with zero attached hydrogens (tertiary/aromatic N) is 2. The van der Waals surface area contributed by atoms with Gasteiger partial charge < -0.3 is 4.57 Å². The molecule has 174 valence electrons. The Morgan fingerprint density at radius 3 is 2.38 bits per heavy atom. The van der Waals surface area contributed by atoms with Crippen molar-refractivity contribution in [3.8, 4) is 11.1 Å². The number of imidazole rings is 1. The van der Waals surface area contributed by atoms with E-state index in [2.05, 4.69) is 47.2 Å². The minimum atomic E-state index is -3.64. The summed E-state index contributed by atoms with van der Waals surface area (Å²) in [5.41, 5.74) is 3.44. The third-order valence-corrected chi connectivity index (χ3v) is 8.80. The van der Waals surface area contributed by atoms with Crippen molar-refractivity contribution in [2.24, 2.45) is 5.92 Å². The Labute approximate surface area is 197 Å². The van der Waals surface area contributed by atoms with E-state index in [9.17, 15) is 8.42 Å². The third-order valence-electron chi connectivity index (χ3n) is 5.21. The minimum Gasteiger partial charge on any atom is -0.331 e. The zero-order valence-corrected chi connectivity index (χ0v) is 21.8. The maximum Gasteiger partial charge on any atom is 0.251 e. The molecule has 0 aliphatic rings. The van der Waals surface area contributed by atoms with E-state index < -0.39 is 15.6 Å². The van der Waals surface area contributed by atoms with Gasteiger partial charge in [-0.05, 0) is 56.7 Å². The van der Waals surface area contributed by atoms with Crippen molar-refractivity contribution in [1.29, 1.82) is 0 Å². The van der Waals surface area contributed by atoms with Gasteiger partial charge in [-0.25, -0.2) is 18.1 Å². The molecule has 0 radical (unpaired) electrons. The first kappa shape index (κ1) is 24.7. The minimum absolute atomic E-state index is 0.413. The molecular weight excluding hydrogens is 438 g/mol. The lowest BCUT2D eigenvalue weighted by atomic mass is 9.99. The maximum absolute atomic E-state index is 13.3. The van der Waals surface area contributed by atoms with Gasteiger partial charge in [-0.1, -0.05) is 45.0 Å². The number of benzene rings is 1. The first-order valence-corrected chi connectivity index (χ1v) is 13.5. The molecule has 2 heterocycles. The highest BCUT2D eigenvalue weighted by atomic mass is 32.2. The van der Waals surface area contributed by atoms with Crippen molar-refractivity contribution in [2.45, 2.75) is 77.6 Å². The van der Waals surface area contributed by atoms with Crippen LogP contribution >= 0.6 is 11.3 Å². The molecule has 2 aromatic heterocycles. The lowest BCUT2D eigenvalue weighted by Gasteiger charge is -2.20. The second-order valence-electron chi connectivity index (χ2n) is 9.79. The highest BCUT2D eigenvalue weighted by Gasteiger charge is 2.29. The zero-order chi connectivity index (χ0) is 23.7. The quantitative estimate of drug-likeness (QED) is 0.449. The Balaban J connectivity index is 2.03. The molecule has 3 rings (SSSR count). The summed E-state index contributed by atoms with van der Waals surface area (Å²) < 4.78 is 32.1. The predicted molar refractivity (Wildman–Crippen MR) is 134 cm³/mol. The number of aryl methyl sites for hydroxylation is 1. The van der Waals surface area contributed by atoms with Crippen molar-refractivity contribution in [2.75, 3.05) is 0 Å². The van der Waals surface area contributed by atoms with Gasteiger partial charge in [-0.15, -0.1) is 11.3 Å². The second-order valence-corrected chi connectivity index (χ2v) is 12.8. The summed E-state index contributed by atoms with van der Waals surface area (Å²) >= 11 is 1.41. The Hall–Kier alpha value is -1.96. The number of hydrogen-bond donors (Lipinski definition) is 1. The average molecular weight is 474 g/mol. The molecular formula is C25H35N3O2S2. The smallest absolute Gasteiger partial charge is 0.251 e. The number of sulfonamides is 1. The van der Waals surface area contributed by atoms with E-state index >= 15 is 0 Å². The molecule has 0 aliphatic carbocycles. The van der Waals surface area contributed by atoms with Crippen LogP contribution in [0, 0.1) is 12.8 Å². The standard InChI is InChI=1S/C25H35N3O2S2/c1-8-22-26-13-14-28(22)16-19-9-11-20(12-10-19)23-18(4)21(15-17(2)3)31-24(23)32(29,30)27-25(5,6)7/h9-14,17,27H,8,15-16H2,1-7H3. The molecule has 0 spiro atoms. The van der Waals surface area contributed by atoms with Gasteiger partial charge in [0.05, 0.1) is 0 Å². The molecule has 0 aliphatic heterocycles. The SMILES string of the molecule is CCc1nccn1Cc1ccc(-c2c(S(=O)(=O)NC(C)(C)C)sc(CC(C)C)c2C)cc1. The number of aromatic nitrogens is 2. The average Bonchev–Trinajstić information content (AvgIpc) is 3.25. The summed E-state index contributed by atoms with van der Waals surface area (Å²) in [5.74, 6) is 1.51. The number of nitrogens with one attached hydrogen (secondary N) is 1. The summed E-state index contributed by atoms with van der Waals surface area (Å²) in [5, 5.41) is 0. The monoisotopic (exact) mass is 473 g/mol. The summed E-state index contributed by atoms with van der Waals surface area (Å²) in [6.45, 7) is 14.8. The molecule has 5 nitrogen and oxygen atoms in total. The van der Waals surface area contributed by atoms with Gasteiger partial charge in [0, 0.05) is 41.3 Å². The molecule has 0 saturated heterocycles. The molecule has 1 N–H and O–H groups in total. The Kier molecular flexibility index (Phi) is 7.32. The van der Waals surface area contributed by atoms with Gasteiger partial charge in [0.15, 0.2) is 0 Å². The van der Waals surface area contributed by atoms with Crippen molar-refractivity contribution in [3.63, 3.8) is 0 Å². The highest BCUT2D eigenvalue weighted by Crippen LogP contribution is 2.40. The van der Waals surface area contributed by atoms with Crippen LogP contribution in [-0.2, 0) is 29.4 Å². The van der Waals surface area contributed by atoms with Crippen LogP contribution in [-0.4, -0.2) is 23.5 Å². The van der Waals surface area contributed by atoms with Crippen LogP contribution in [0.5, 0.6) is 0 Å². The van der Waals surface area contributed by atoms with Gasteiger partial charge in [-0.3, -0.25) is 0 Å². The number of hydrogen-bond acceptors (Lipinski definition) is 4. The molecule has 32 heavy (non-hydrogen) atoms. The largest absolute Gasteiger partial charge is 0.331 e. The Morgan fingerprint density at radius 1 is 1.16 bits per heavy atom. The maximum atomic E-state index is 13.3. The van der Waals surface area contributed by atoms with Crippen LogP contribution in [0.4, 0.5) is 0 Å². The summed E-state index contributed by atoms with van der Waals surface area (Å²) in [7, 11) is -3.64. The van der Waals surface area contributed by atoms with Crippen molar-refractivity contribution in [1.82, 2.24) is 14.3 Å². The fourth-order valence-electron chi connectivity index (χ4n) is 3.84. The molecule has 3 aromatic rings. The van der Waals surface area contributed by atoms with Crippen molar-refractivity contribution < 1.29 is 8.42 Å². The third kappa shape index (κ3) is 5.69. The van der Waals surface area contributed by atoms with E-state index in [1.165, 1.54) is 11.3 Å². The second kappa shape index (κ2) is 9.49. The molecule has 0 saturated carbocycles. The fourth-order valence-corrected chi connectivity index (χ4v) is 7.42. The van der Waals surface area contributed by atoms with Gasteiger partial charge in [0.2, 0.25) is 0 Å². The molecule has 0 unspecified atom stereocenters. The van der Waals surface area contributed by atoms with Crippen molar-refractivity contribution >= 4 is 21.4 Å². The lowest BCUT2D eigenvalue weighted by Crippen LogP contribution is -2.40. The van der Waals surface area contributed by atoms with Crippen LogP contribution in [0.2, 0.25) is 0 Å². The first-order valence-electron chi connectivity index (χ1n) is 11.2. The molecule has 1 aromatic carbocycles. The normalized spacial score (nSPS) is 12.6. The Bertz CT molecular complexity index is 1160. The van der Waals surface area contributed by atoms with E-state index in [0.717, 1.165) is 52.3 Å². The number of thiophene rings is 1. The van der Waals surface area contributed by atoms with Crippen LogP contribution in [0.3, 0.4) is 0 Å². The van der Waals surface area contributed by atoms with E-state index in [-0.39, 0.29) is 0 Å². The van der Waals surface area contributed by atoms with E-state index in [1.807, 2.05) is 52.2 Å². The highest BCUT2D eigenvalue weighted by molar-refractivity contribution is 7.91. The van der Waals surface area contributed by atoms with Gasteiger partial charge in [0.1, 0.15) is 10.0 Å². The molecule has 0 amide bonds. The predicted octanol–water partition coefficient (Wildman–Crippen LogP) is 5.81. The van der Waals surface area contributed by atoms with E-state index in [4.69, 9.17) is 0 Å². The molecule has 0 fully saturated rings. The lowest BCUT2D eigenvalue weighted by molar-refractivity contribution is 0.492. The van der Waals surface area contributed by atoms with E-state index in [1.54, 1.807) is 0 Å². The van der Waals surface area contributed by atoms with Gasteiger partial charge in [0.25, 0.3) is 10.0 Å². The van der Waals surface area contributed by atoms with Gasteiger partial charge in [-0.2, -0.15) is 0 Å². The van der Waals surface area contributed by atoms with Crippen LogP contribution < -0.4 is 4.72 Å².